The molecule has 1 aromatic carbocycles. The van der Waals surface area contributed by atoms with E-state index in [1.165, 1.54) is 0 Å². The highest BCUT2D eigenvalue weighted by Gasteiger charge is 2.36. The van der Waals surface area contributed by atoms with E-state index in [9.17, 15) is 14.0 Å². The Bertz CT molecular complexity index is 1380. The second-order valence-corrected chi connectivity index (χ2v) is 10.6. The van der Waals surface area contributed by atoms with Crippen molar-refractivity contribution in [3.8, 4) is 11.4 Å². The molecule has 0 spiro atoms. The number of fused-ring (bicyclic) bond motifs is 3. The van der Waals surface area contributed by atoms with Gasteiger partial charge in [-0.3, -0.25) is 0 Å². The van der Waals surface area contributed by atoms with Crippen molar-refractivity contribution in [2.45, 2.75) is 50.9 Å². The fraction of sp³-hybridized carbons (Fsp3) is 0.536. The van der Waals surface area contributed by atoms with E-state index in [1.807, 2.05) is 29.9 Å². The van der Waals surface area contributed by atoms with Gasteiger partial charge in [0.25, 0.3) is 0 Å². The first kappa shape index (κ1) is 27.2. The predicted molar refractivity (Wildman–Crippen MR) is 151 cm³/mol. The van der Waals surface area contributed by atoms with Gasteiger partial charge in [-0.2, -0.15) is 5.10 Å². The molecule has 2 unspecified atom stereocenters. The number of carbonyl (C=O) groups excluding carboxylic acids is 2. The van der Waals surface area contributed by atoms with Crippen LogP contribution in [0.3, 0.4) is 0 Å². The molecule has 3 aliphatic heterocycles. The highest BCUT2D eigenvalue weighted by atomic mass is 19.1. The van der Waals surface area contributed by atoms with Crippen LogP contribution in [0.15, 0.2) is 30.5 Å². The van der Waals surface area contributed by atoms with Gasteiger partial charge >= 0.3 is 12.1 Å². The Morgan fingerprint density at radius 2 is 1.80 bits per heavy atom. The third-order valence-corrected chi connectivity index (χ3v) is 7.89. The van der Waals surface area contributed by atoms with Gasteiger partial charge in [-0.25, -0.2) is 28.6 Å². The van der Waals surface area contributed by atoms with Crippen LogP contribution in [0.4, 0.5) is 25.5 Å². The summed E-state index contributed by atoms with van der Waals surface area (Å²) in [5.41, 5.74) is 2.13. The topological polar surface area (TPSA) is 127 Å². The molecule has 2 atom stereocenters. The number of likely N-dealkylation sites (tertiary alicyclic amines) is 1. The lowest BCUT2D eigenvalue weighted by molar-refractivity contribution is 0.0303. The molecule has 41 heavy (non-hydrogen) atoms. The molecule has 0 radical (unpaired) electrons. The smallest absolute Gasteiger partial charge is 0.409 e. The average Bonchev–Trinajstić information content (AvgIpc) is 3.58. The van der Waals surface area contributed by atoms with Crippen molar-refractivity contribution in [2.24, 2.45) is 0 Å². The summed E-state index contributed by atoms with van der Waals surface area (Å²) in [4.78, 5) is 38.2. The fourth-order valence-corrected chi connectivity index (χ4v) is 5.88. The quantitative estimate of drug-likeness (QED) is 0.443. The first-order valence-electron chi connectivity index (χ1n) is 14.3. The van der Waals surface area contributed by atoms with Gasteiger partial charge in [-0.15, -0.1) is 0 Å². The minimum Gasteiger partial charge on any atom is -0.450 e. The van der Waals surface area contributed by atoms with E-state index in [2.05, 4.69) is 15.5 Å². The van der Waals surface area contributed by atoms with Crippen molar-refractivity contribution < 1.29 is 23.5 Å². The number of carbonyl (C=O) groups is 2. The van der Waals surface area contributed by atoms with Crippen LogP contribution in [-0.2, 0) is 9.47 Å². The summed E-state index contributed by atoms with van der Waals surface area (Å²) in [5, 5.41) is 10.8. The van der Waals surface area contributed by atoms with Gasteiger partial charge in [-0.1, -0.05) is 0 Å². The molecule has 3 amide bonds. The summed E-state index contributed by atoms with van der Waals surface area (Å²) in [6.45, 7) is 4.22. The minimum atomic E-state index is -0.625. The van der Waals surface area contributed by atoms with E-state index in [1.54, 1.807) is 17.0 Å². The van der Waals surface area contributed by atoms with Crippen LogP contribution in [0.5, 0.6) is 0 Å². The van der Waals surface area contributed by atoms with Crippen LogP contribution in [-0.4, -0.2) is 95.0 Å². The molecule has 3 fully saturated rings. The number of alkyl halides is 1. The predicted octanol–water partition coefficient (Wildman–Crippen LogP) is 3.75. The molecule has 12 nitrogen and oxygen atoms in total. The van der Waals surface area contributed by atoms with Crippen LogP contribution in [0.25, 0.3) is 22.4 Å². The average molecular weight is 567 g/mol. The molecule has 2 aromatic heterocycles. The summed E-state index contributed by atoms with van der Waals surface area (Å²) in [6.07, 6.45) is 5.56. The summed E-state index contributed by atoms with van der Waals surface area (Å²) < 4.78 is 25.6. The van der Waals surface area contributed by atoms with E-state index in [0.29, 0.717) is 31.2 Å². The van der Waals surface area contributed by atoms with E-state index in [4.69, 9.17) is 24.5 Å². The number of piperidine rings is 1. The SMILES string of the molecule is CCOC(=O)N1CCC(n2ncc3c(N4CC5CCC(C4)O5)nc(-c4ccc(NC(=O)NCCF)cc4)nc32)CC1. The third-order valence-electron chi connectivity index (χ3n) is 7.89. The molecule has 2 bridgehead atoms. The number of rotatable bonds is 7. The maximum atomic E-state index is 12.4. The lowest BCUT2D eigenvalue weighted by atomic mass is 10.1. The van der Waals surface area contributed by atoms with Gasteiger partial charge in [0.2, 0.25) is 0 Å². The Kier molecular flexibility index (Phi) is 7.86. The zero-order valence-electron chi connectivity index (χ0n) is 23.1. The zero-order valence-corrected chi connectivity index (χ0v) is 23.1. The highest BCUT2D eigenvalue weighted by molar-refractivity contribution is 5.90. The number of urea groups is 1. The molecule has 3 aromatic rings. The number of halogens is 1. The number of morpholine rings is 1. The Morgan fingerprint density at radius 1 is 1.07 bits per heavy atom. The van der Waals surface area contributed by atoms with Crippen molar-refractivity contribution in [1.82, 2.24) is 30.0 Å². The van der Waals surface area contributed by atoms with Crippen LogP contribution in [0.1, 0.15) is 38.6 Å². The Labute approximate surface area is 237 Å². The van der Waals surface area contributed by atoms with Crippen molar-refractivity contribution in [2.75, 3.05) is 56.2 Å². The third kappa shape index (κ3) is 5.76. The van der Waals surface area contributed by atoms with E-state index in [0.717, 1.165) is 61.2 Å². The lowest BCUT2D eigenvalue weighted by Crippen LogP contribution is -2.43. The van der Waals surface area contributed by atoms with Gasteiger partial charge in [0.1, 0.15) is 12.5 Å². The van der Waals surface area contributed by atoms with Crippen LogP contribution in [0.2, 0.25) is 0 Å². The molecule has 0 saturated carbocycles. The molecule has 2 N–H and O–H groups in total. The number of aromatic nitrogens is 4. The van der Waals surface area contributed by atoms with Gasteiger partial charge < -0.3 is 29.9 Å². The maximum absolute atomic E-state index is 12.4. The Morgan fingerprint density at radius 3 is 2.49 bits per heavy atom. The molecule has 3 aliphatic rings. The first-order chi connectivity index (χ1) is 20.0. The maximum Gasteiger partial charge on any atom is 0.409 e. The second-order valence-electron chi connectivity index (χ2n) is 10.6. The number of nitrogens with zero attached hydrogens (tertiary/aromatic N) is 6. The number of hydrogen-bond donors (Lipinski definition) is 2. The van der Waals surface area contributed by atoms with Crippen molar-refractivity contribution in [1.29, 1.82) is 0 Å². The molecular weight excluding hydrogens is 531 g/mol. The van der Waals surface area contributed by atoms with Crippen LogP contribution < -0.4 is 15.5 Å². The van der Waals surface area contributed by atoms with Crippen molar-refractivity contribution in [3.63, 3.8) is 0 Å². The van der Waals surface area contributed by atoms with Crippen molar-refractivity contribution >= 4 is 34.7 Å². The second kappa shape index (κ2) is 11.9. The molecule has 6 rings (SSSR count). The summed E-state index contributed by atoms with van der Waals surface area (Å²) >= 11 is 0. The van der Waals surface area contributed by atoms with Gasteiger partial charge in [-0.05, 0) is 56.9 Å². The normalized spacial score (nSPS) is 20.8. The van der Waals surface area contributed by atoms with Crippen molar-refractivity contribution in [3.05, 3.63) is 30.5 Å². The standard InChI is InChI=1S/C28H35FN8O4/c1-2-40-28(39)35-13-9-20(10-14-35)37-26-23(15-31-37)25(36-16-21-7-8-22(17-36)41-21)33-24(34-26)18-3-5-19(6-4-18)32-27(38)30-12-11-29/h3-6,15,20-22H,2,7-14,16-17H2,1H3,(H2,30,32,38). The molecule has 0 aliphatic carbocycles. The molecular formula is C28H35FN8O4. The Balaban J connectivity index is 1.30. The van der Waals surface area contributed by atoms with Gasteiger partial charge in [0.15, 0.2) is 11.5 Å². The van der Waals surface area contributed by atoms with Crippen LogP contribution in [0, 0.1) is 0 Å². The fourth-order valence-electron chi connectivity index (χ4n) is 5.88. The van der Waals surface area contributed by atoms with E-state index >= 15 is 0 Å². The van der Waals surface area contributed by atoms with E-state index < -0.39 is 12.7 Å². The number of ether oxygens (including phenoxy) is 2. The molecule has 13 heteroatoms. The number of benzene rings is 1. The summed E-state index contributed by atoms with van der Waals surface area (Å²) in [6, 6.07) is 6.89. The van der Waals surface area contributed by atoms with E-state index in [-0.39, 0.29) is 30.9 Å². The molecule has 3 saturated heterocycles. The number of anilines is 2. The summed E-state index contributed by atoms with van der Waals surface area (Å²) in [7, 11) is 0. The highest BCUT2D eigenvalue weighted by Crippen LogP contribution is 2.35. The molecule has 5 heterocycles. The zero-order chi connectivity index (χ0) is 28.3. The van der Waals surface area contributed by atoms with Gasteiger partial charge in [0, 0.05) is 44.0 Å². The minimum absolute atomic E-state index is 0.0423. The van der Waals surface area contributed by atoms with Crippen LogP contribution >= 0.6 is 0 Å². The lowest BCUT2D eigenvalue weighted by Gasteiger charge is -2.33. The molecule has 218 valence electrons. The number of nitrogens with one attached hydrogen (secondary N) is 2. The number of amides is 3. The first-order valence-corrected chi connectivity index (χ1v) is 14.3. The monoisotopic (exact) mass is 566 g/mol. The number of hydrogen-bond acceptors (Lipinski definition) is 8. The Hall–Kier alpha value is -4.00. The van der Waals surface area contributed by atoms with Gasteiger partial charge in [0.05, 0.1) is 36.4 Å². The largest absolute Gasteiger partial charge is 0.450 e. The summed E-state index contributed by atoms with van der Waals surface area (Å²) in [5.74, 6) is 1.40.